The Morgan fingerprint density at radius 2 is 1.97 bits per heavy atom. The van der Waals surface area contributed by atoms with Crippen molar-refractivity contribution in [1.29, 1.82) is 0 Å². The average molecular weight is 422 g/mol. The van der Waals surface area contributed by atoms with Crippen molar-refractivity contribution in [3.05, 3.63) is 65.3 Å². The zero-order valence-electron chi connectivity index (χ0n) is 16.9. The van der Waals surface area contributed by atoms with E-state index in [9.17, 15) is 4.79 Å². The summed E-state index contributed by atoms with van der Waals surface area (Å²) in [5.74, 6) is 1.58. The molecule has 1 amide bonds. The molecule has 0 bridgehead atoms. The zero-order valence-corrected chi connectivity index (χ0v) is 17.7. The molecular weight excluding hydrogens is 398 g/mol. The molecule has 7 heteroatoms. The molecule has 6 nitrogen and oxygen atoms in total. The molecule has 4 rings (SSSR count). The van der Waals surface area contributed by atoms with E-state index in [0.29, 0.717) is 6.54 Å². The van der Waals surface area contributed by atoms with E-state index in [1.165, 1.54) is 11.3 Å². The Kier molecular flexibility index (Phi) is 5.99. The summed E-state index contributed by atoms with van der Waals surface area (Å²) in [5, 5.41) is 6.92. The molecule has 4 aromatic rings. The van der Waals surface area contributed by atoms with Crippen molar-refractivity contribution in [3.63, 3.8) is 0 Å². The van der Waals surface area contributed by atoms with Crippen LogP contribution >= 0.6 is 11.3 Å². The van der Waals surface area contributed by atoms with Gasteiger partial charge in [0.25, 0.3) is 0 Å². The number of ether oxygens (including phenoxy) is 2. The maximum absolute atomic E-state index is 12.4. The highest BCUT2D eigenvalue weighted by Crippen LogP contribution is 2.27. The molecule has 0 unspecified atom stereocenters. The third-order valence-corrected chi connectivity index (χ3v) is 5.84. The van der Waals surface area contributed by atoms with Crippen molar-refractivity contribution in [2.45, 2.75) is 12.8 Å². The molecule has 0 fully saturated rings. The highest BCUT2D eigenvalue weighted by atomic mass is 32.1. The SMILES string of the molecule is COc1cccc(-c2nc(CC(=O)NCCc3c[nH]c4ccc(OC)cc34)cs2)c1. The van der Waals surface area contributed by atoms with Crippen LogP contribution in [0.1, 0.15) is 11.3 Å². The Bertz CT molecular complexity index is 1170. The van der Waals surface area contributed by atoms with Gasteiger partial charge in [-0.2, -0.15) is 0 Å². The van der Waals surface area contributed by atoms with Gasteiger partial charge in [0.05, 0.1) is 26.3 Å². The number of fused-ring (bicyclic) bond motifs is 1. The van der Waals surface area contributed by atoms with Crippen molar-refractivity contribution >= 4 is 28.1 Å². The molecule has 2 heterocycles. The first kappa shape index (κ1) is 20.0. The van der Waals surface area contributed by atoms with Gasteiger partial charge in [0, 0.05) is 34.6 Å². The lowest BCUT2D eigenvalue weighted by atomic mass is 10.1. The van der Waals surface area contributed by atoms with E-state index in [-0.39, 0.29) is 12.3 Å². The fourth-order valence-electron chi connectivity index (χ4n) is 3.33. The number of nitrogens with zero attached hydrogens (tertiary/aromatic N) is 1. The van der Waals surface area contributed by atoms with Gasteiger partial charge in [-0.3, -0.25) is 4.79 Å². The summed E-state index contributed by atoms with van der Waals surface area (Å²) >= 11 is 1.53. The lowest BCUT2D eigenvalue weighted by molar-refractivity contribution is -0.120. The molecule has 2 aromatic heterocycles. The first-order chi connectivity index (χ1) is 14.7. The highest BCUT2D eigenvalue weighted by molar-refractivity contribution is 7.13. The third kappa shape index (κ3) is 4.46. The van der Waals surface area contributed by atoms with Gasteiger partial charge in [0.1, 0.15) is 16.5 Å². The van der Waals surface area contributed by atoms with Crippen LogP contribution in [0.3, 0.4) is 0 Å². The summed E-state index contributed by atoms with van der Waals surface area (Å²) in [6.07, 6.45) is 2.99. The Morgan fingerprint density at radius 1 is 1.13 bits per heavy atom. The Morgan fingerprint density at radius 3 is 2.80 bits per heavy atom. The second-order valence-electron chi connectivity index (χ2n) is 6.88. The van der Waals surface area contributed by atoms with Crippen LogP contribution in [0, 0.1) is 0 Å². The number of H-pyrrole nitrogens is 1. The summed E-state index contributed by atoms with van der Waals surface area (Å²) in [5.41, 5.74) is 3.97. The monoisotopic (exact) mass is 421 g/mol. The summed E-state index contributed by atoms with van der Waals surface area (Å²) in [7, 11) is 3.30. The highest BCUT2D eigenvalue weighted by Gasteiger charge is 2.10. The molecule has 2 N–H and O–H groups in total. The summed E-state index contributed by atoms with van der Waals surface area (Å²) in [6.45, 7) is 0.565. The second-order valence-corrected chi connectivity index (χ2v) is 7.74. The molecular formula is C23H23N3O3S. The molecule has 0 aliphatic carbocycles. The number of carbonyl (C=O) groups excluding carboxylic acids is 1. The van der Waals surface area contributed by atoms with Gasteiger partial charge in [0.15, 0.2) is 0 Å². The third-order valence-electron chi connectivity index (χ3n) is 4.90. The van der Waals surface area contributed by atoms with E-state index >= 15 is 0 Å². The lowest BCUT2D eigenvalue weighted by Crippen LogP contribution is -2.27. The molecule has 0 saturated carbocycles. The van der Waals surface area contributed by atoms with Gasteiger partial charge in [0.2, 0.25) is 5.91 Å². The number of nitrogens with one attached hydrogen (secondary N) is 2. The van der Waals surface area contributed by atoms with Crippen LogP contribution in [0.5, 0.6) is 11.5 Å². The minimum atomic E-state index is -0.0325. The van der Waals surface area contributed by atoms with Crippen LogP contribution in [0.4, 0.5) is 0 Å². The number of aromatic amines is 1. The molecule has 0 saturated heterocycles. The summed E-state index contributed by atoms with van der Waals surface area (Å²) in [6, 6.07) is 13.7. The quantitative estimate of drug-likeness (QED) is 0.447. The van der Waals surface area contributed by atoms with Gasteiger partial charge >= 0.3 is 0 Å². The van der Waals surface area contributed by atoms with E-state index in [4.69, 9.17) is 9.47 Å². The van der Waals surface area contributed by atoms with Crippen LogP contribution in [-0.4, -0.2) is 36.6 Å². The van der Waals surface area contributed by atoms with Crippen molar-refractivity contribution in [2.75, 3.05) is 20.8 Å². The number of benzene rings is 2. The standard InChI is InChI=1S/C23H23N3O3S/c1-28-18-5-3-4-15(10-18)23-26-17(14-30-23)11-22(27)24-9-8-16-13-25-21-7-6-19(29-2)12-20(16)21/h3-7,10,12-14,25H,8-9,11H2,1-2H3,(H,24,27). The smallest absolute Gasteiger partial charge is 0.226 e. The Labute approximate surface area is 178 Å². The second kappa shape index (κ2) is 9.00. The summed E-state index contributed by atoms with van der Waals surface area (Å²) in [4.78, 5) is 20.2. The van der Waals surface area contributed by atoms with Crippen LogP contribution in [0.25, 0.3) is 21.5 Å². The molecule has 30 heavy (non-hydrogen) atoms. The Hall–Kier alpha value is -3.32. The average Bonchev–Trinajstić information content (AvgIpc) is 3.40. The van der Waals surface area contributed by atoms with Crippen LogP contribution < -0.4 is 14.8 Å². The fourth-order valence-corrected chi connectivity index (χ4v) is 4.15. The largest absolute Gasteiger partial charge is 0.497 e. The predicted octanol–water partition coefficient (Wildman–Crippen LogP) is 4.21. The van der Waals surface area contributed by atoms with Crippen molar-refractivity contribution in [1.82, 2.24) is 15.3 Å². The molecule has 154 valence electrons. The normalized spacial score (nSPS) is 10.9. The molecule has 2 aromatic carbocycles. The van der Waals surface area contributed by atoms with Crippen LogP contribution in [0.2, 0.25) is 0 Å². The number of hydrogen-bond donors (Lipinski definition) is 2. The molecule has 0 aliphatic heterocycles. The van der Waals surface area contributed by atoms with Gasteiger partial charge in [-0.15, -0.1) is 11.3 Å². The van der Waals surface area contributed by atoms with E-state index in [0.717, 1.165) is 50.7 Å². The lowest BCUT2D eigenvalue weighted by Gasteiger charge is -2.05. The van der Waals surface area contributed by atoms with E-state index in [1.807, 2.05) is 54.0 Å². The maximum atomic E-state index is 12.4. The van der Waals surface area contributed by atoms with Gasteiger partial charge < -0.3 is 19.8 Å². The first-order valence-electron chi connectivity index (χ1n) is 9.66. The number of methoxy groups -OCH3 is 2. The van der Waals surface area contributed by atoms with E-state index < -0.39 is 0 Å². The fraction of sp³-hybridized carbons (Fsp3) is 0.217. The number of hydrogen-bond acceptors (Lipinski definition) is 5. The topological polar surface area (TPSA) is 76.2 Å². The Balaban J connectivity index is 1.33. The van der Waals surface area contributed by atoms with Crippen LogP contribution in [0.15, 0.2) is 54.0 Å². The predicted molar refractivity (Wildman–Crippen MR) is 119 cm³/mol. The minimum absolute atomic E-state index is 0.0325. The van der Waals surface area contributed by atoms with Crippen molar-refractivity contribution in [2.24, 2.45) is 0 Å². The minimum Gasteiger partial charge on any atom is -0.497 e. The number of amides is 1. The zero-order chi connectivity index (χ0) is 20.9. The van der Waals surface area contributed by atoms with Gasteiger partial charge in [-0.25, -0.2) is 4.98 Å². The number of rotatable bonds is 8. The van der Waals surface area contributed by atoms with Gasteiger partial charge in [-0.1, -0.05) is 12.1 Å². The van der Waals surface area contributed by atoms with Crippen molar-refractivity contribution in [3.8, 4) is 22.1 Å². The molecule has 0 spiro atoms. The number of aromatic nitrogens is 2. The van der Waals surface area contributed by atoms with E-state index in [2.05, 4.69) is 15.3 Å². The maximum Gasteiger partial charge on any atom is 0.226 e. The number of thiazole rings is 1. The number of carbonyl (C=O) groups is 1. The van der Waals surface area contributed by atoms with E-state index in [1.54, 1.807) is 14.2 Å². The molecule has 0 radical (unpaired) electrons. The van der Waals surface area contributed by atoms with Gasteiger partial charge in [-0.05, 0) is 42.3 Å². The summed E-state index contributed by atoms with van der Waals surface area (Å²) < 4.78 is 10.6. The van der Waals surface area contributed by atoms with Crippen molar-refractivity contribution < 1.29 is 14.3 Å². The molecule has 0 atom stereocenters. The first-order valence-corrected chi connectivity index (χ1v) is 10.5. The molecule has 0 aliphatic rings. The van der Waals surface area contributed by atoms with Crippen LogP contribution in [-0.2, 0) is 17.6 Å².